The summed E-state index contributed by atoms with van der Waals surface area (Å²) in [5.41, 5.74) is 6.95. The number of carbonyl (C=O) groups excluding carboxylic acids is 3. The van der Waals surface area contributed by atoms with Crippen LogP contribution in [-0.2, 0) is 9.59 Å². The molecule has 2 aromatic carbocycles. The molecule has 7 heteroatoms. The highest BCUT2D eigenvalue weighted by molar-refractivity contribution is 6.45. The van der Waals surface area contributed by atoms with Gasteiger partial charge in [0.1, 0.15) is 5.75 Å². The normalized spacial score (nSPS) is 10.4. The van der Waals surface area contributed by atoms with E-state index < -0.39 is 17.6 Å². The first kappa shape index (κ1) is 18.2. The minimum absolute atomic E-state index is 0.286. The Hall–Kier alpha value is -3.61. The summed E-state index contributed by atoms with van der Waals surface area (Å²) in [5.74, 6) is -1.69. The molecule has 27 heavy (non-hydrogen) atoms. The van der Waals surface area contributed by atoms with Crippen molar-refractivity contribution in [3.8, 4) is 5.75 Å². The van der Waals surface area contributed by atoms with Crippen LogP contribution in [0.3, 0.4) is 0 Å². The number of hydrazine groups is 1. The fourth-order valence-corrected chi connectivity index (χ4v) is 2.76. The largest absolute Gasteiger partial charge is 0.484 e. The van der Waals surface area contributed by atoms with Crippen LogP contribution in [0.4, 0.5) is 0 Å². The van der Waals surface area contributed by atoms with Crippen molar-refractivity contribution >= 4 is 28.5 Å². The number of carbonyl (C=O) groups is 3. The molecule has 0 spiro atoms. The minimum Gasteiger partial charge on any atom is -0.484 e. The zero-order valence-electron chi connectivity index (χ0n) is 15.0. The Morgan fingerprint density at radius 1 is 1.00 bits per heavy atom. The molecule has 3 rings (SSSR count). The number of aromatic nitrogens is 1. The molecule has 0 saturated heterocycles. The van der Waals surface area contributed by atoms with Crippen molar-refractivity contribution in [3.63, 3.8) is 0 Å². The van der Waals surface area contributed by atoms with E-state index in [0.717, 1.165) is 11.1 Å². The number of Topliss-reactive ketones (excluding diaryl/α,β-unsaturated/α-hetero) is 1. The molecule has 0 unspecified atom stereocenters. The Kier molecular flexibility index (Phi) is 5.21. The van der Waals surface area contributed by atoms with Crippen LogP contribution in [0.1, 0.15) is 21.6 Å². The molecule has 0 aliphatic heterocycles. The van der Waals surface area contributed by atoms with Gasteiger partial charge in [-0.2, -0.15) is 0 Å². The molecule has 1 aromatic heterocycles. The number of fused-ring (bicyclic) bond motifs is 1. The van der Waals surface area contributed by atoms with E-state index in [4.69, 9.17) is 4.74 Å². The zero-order valence-corrected chi connectivity index (χ0v) is 15.0. The van der Waals surface area contributed by atoms with E-state index in [2.05, 4.69) is 15.8 Å². The van der Waals surface area contributed by atoms with E-state index >= 15 is 0 Å². The number of para-hydroxylation sites is 1. The maximum atomic E-state index is 12.5. The number of aryl methyl sites for hydroxylation is 2. The summed E-state index contributed by atoms with van der Waals surface area (Å²) in [5, 5.41) is 0.657. The summed E-state index contributed by atoms with van der Waals surface area (Å²) in [6.45, 7) is 3.34. The summed E-state index contributed by atoms with van der Waals surface area (Å²) >= 11 is 0. The van der Waals surface area contributed by atoms with Crippen LogP contribution in [0, 0.1) is 13.8 Å². The van der Waals surface area contributed by atoms with Crippen LogP contribution < -0.4 is 15.6 Å². The quantitative estimate of drug-likeness (QED) is 0.367. The third kappa shape index (κ3) is 4.14. The first-order valence-corrected chi connectivity index (χ1v) is 8.36. The summed E-state index contributed by atoms with van der Waals surface area (Å²) in [4.78, 5) is 39.5. The van der Waals surface area contributed by atoms with Gasteiger partial charge < -0.3 is 9.72 Å². The minimum atomic E-state index is -0.924. The van der Waals surface area contributed by atoms with Gasteiger partial charge in [0.05, 0.1) is 5.56 Å². The molecule has 1 heterocycles. The molecule has 0 fully saturated rings. The molecule has 0 atom stereocenters. The van der Waals surface area contributed by atoms with E-state index in [0.29, 0.717) is 16.8 Å². The Morgan fingerprint density at radius 2 is 1.78 bits per heavy atom. The lowest BCUT2D eigenvalue weighted by Gasteiger charge is -2.09. The lowest BCUT2D eigenvalue weighted by Crippen LogP contribution is -2.46. The van der Waals surface area contributed by atoms with Crippen LogP contribution in [0.5, 0.6) is 5.75 Å². The SMILES string of the molecule is Cc1cccc(OCC(=O)NNC(=O)C(=O)c2c(C)[nH]c3ccccc23)c1. The highest BCUT2D eigenvalue weighted by Crippen LogP contribution is 2.22. The molecule has 0 aliphatic rings. The molecular formula is C20H19N3O4. The van der Waals surface area contributed by atoms with E-state index in [9.17, 15) is 14.4 Å². The van der Waals surface area contributed by atoms with Crippen molar-refractivity contribution in [1.29, 1.82) is 0 Å². The summed E-state index contributed by atoms with van der Waals surface area (Å²) in [6, 6.07) is 14.4. The average Bonchev–Trinajstić information content (AvgIpc) is 2.99. The number of nitrogens with one attached hydrogen (secondary N) is 3. The Bertz CT molecular complexity index is 1020. The number of ether oxygens (including phenoxy) is 1. The smallest absolute Gasteiger partial charge is 0.310 e. The predicted molar refractivity (Wildman–Crippen MR) is 100 cm³/mol. The van der Waals surface area contributed by atoms with Crippen LogP contribution in [0.15, 0.2) is 48.5 Å². The third-order valence-corrected chi connectivity index (χ3v) is 4.00. The number of H-pyrrole nitrogens is 1. The monoisotopic (exact) mass is 365 g/mol. The summed E-state index contributed by atoms with van der Waals surface area (Å²) in [7, 11) is 0. The average molecular weight is 365 g/mol. The Labute approximate surface area is 155 Å². The second-order valence-corrected chi connectivity index (χ2v) is 6.11. The molecule has 0 radical (unpaired) electrons. The van der Waals surface area contributed by atoms with Crippen LogP contribution in [0.25, 0.3) is 10.9 Å². The van der Waals surface area contributed by atoms with Crippen molar-refractivity contribution < 1.29 is 19.1 Å². The van der Waals surface area contributed by atoms with E-state index in [1.807, 2.05) is 31.2 Å². The fourth-order valence-electron chi connectivity index (χ4n) is 2.76. The number of aromatic amines is 1. The van der Waals surface area contributed by atoms with Gasteiger partial charge in [0, 0.05) is 16.6 Å². The molecule has 0 bridgehead atoms. The van der Waals surface area contributed by atoms with Gasteiger partial charge in [0.2, 0.25) is 0 Å². The van der Waals surface area contributed by atoms with Gasteiger partial charge in [0.25, 0.3) is 11.7 Å². The van der Waals surface area contributed by atoms with E-state index in [1.54, 1.807) is 31.2 Å². The molecule has 0 aliphatic carbocycles. The van der Waals surface area contributed by atoms with E-state index in [1.165, 1.54) is 0 Å². The van der Waals surface area contributed by atoms with Gasteiger partial charge in [-0.05, 0) is 37.6 Å². The molecule has 0 saturated carbocycles. The van der Waals surface area contributed by atoms with E-state index in [-0.39, 0.29) is 12.2 Å². The first-order chi connectivity index (χ1) is 13.0. The fraction of sp³-hybridized carbons (Fsp3) is 0.150. The third-order valence-electron chi connectivity index (χ3n) is 4.00. The van der Waals surface area contributed by atoms with Crippen molar-refractivity contribution in [2.45, 2.75) is 13.8 Å². The van der Waals surface area contributed by atoms with Crippen LogP contribution in [-0.4, -0.2) is 29.2 Å². The van der Waals surface area contributed by atoms with Gasteiger partial charge in [-0.1, -0.05) is 30.3 Å². The van der Waals surface area contributed by atoms with Crippen molar-refractivity contribution in [2.24, 2.45) is 0 Å². The summed E-state index contributed by atoms with van der Waals surface area (Å²) in [6.07, 6.45) is 0. The lowest BCUT2D eigenvalue weighted by molar-refractivity contribution is -0.128. The van der Waals surface area contributed by atoms with Crippen LogP contribution in [0.2, 0.25) is 0 Å². The molecule has 7 nitrogen and oxygen atoms in total. The maximum absolute atomic E-state index is 12.5. The number of benzene rings is 2. The topological polar surface area (TPSA) is 100 Å². The van der Waals surface area contributed by atoms with Gasteiger partial charge in [0.15, 0.2) is 6.61 Å². The number of rotatable bonds is 5. The van der Waals surface area contributed by atoms with Gasteiger partial charge >= 0.3 is 5.91 Å². The molecular weight excluding hydrogens is 346 g/mol. The van der Waals surface area contributed by atoms with Crippen molar-refractivity contribution in [2.75, 3.05) is 6.61 Å². The number of hydrogen-bond donors (Lipinski definition) is 3. The molecule has 2 amide bonds. The molecule has 3 N–H and O–H groups in total. The number of hydrogen-bond acceptors (Lipinski definition) is 4. The Balaban J connectivity index is 1.57. The number of ketones is 1. The van der Waals surface area contributed by atoms with Gasteiger partial charge in [-0.15, -0.1) is 0 Å². The molecule has 138 valence electrons. The van der Waals surface area contributed by atoms with Crippen LogP contribution >= 0.6 is 0 Å². The standard InChI is InChI=1S/C20H19N3O4/c1-12-6-5-7-14(10-12)27-11-17(24)22-23-20(26)19(25)18-13(2)21-16-9-4-3-8-15(16)18/h3-10,21H,11H2,1-2H3,(H,22,24)(H,23,26). The molecule has 3 aromatic rings. The maximum Gasteiger partial charge on any atom is 0.310 e. The van der Waals surface area contributed by atoms with Crippen molar-refractivity contribution in [1.82, 2.24) is 15.8 Å². The zero-order chi connectivity index (χ0) is 19.4. The second kappa shape index (κ2) is 7.74. The lowest BCUT2D eigenvalue weighted by atomic mass is 10.1. The van der Waals surface area contributed by atoms with Gasteiger partial charge in [-0.25, -0.2) is 0 Å². The highest BCUT2D eigenvalue weighted by Gasteiger charge is 2.22. The Morgan fingerprint density at radius 3 is 2.56 bits per heavy atom. The predicted octanol–water partition coefficient (Wildman–Crippen LogP) is 2.19. The summed E-state index contributed by atoms with van der Waals surface area (Å²) < 4.78 is 5.34. The number of amides is 2. The first-order valence-electron chi connectivity index (χ1n) is 8.36. The second-order valence-electron chi connectivity index (χ2n) is 6.11. The van der Waals surface area contributed by atoms with Crippen molar-refractivity contribution in [3.05, 3.63) is 65.4 Å². The van der Waals surface area contributed by atoms with Gasteiger partial charge in [-0.3, -0.25) is 25.2 Å². The highest BCUT2D eigenvalue weighted by atomic mass is 16.5.